The van der Waals surface area contributed by atoms with Gasteiger partial charge in [0.15, 0.2) is 5.82 Å². The average Bonchev–Trinajstić information content (AvgIpc) is 2.67. The van der Waals surface area contributed by atoms with Crippen molar-refractivity contribution in [3.05, 3.63) is 34.1 Å². The Hall–Kier alpha value is -0.910. The summed E-state index contributed by atoms with van der Waals surface area (Å²) >= 11 is 4.95. The SMILES string of the molecule is NNc1csc(-c2ccc(Br)cc2)n1. The molecule has 0 radical (unpaired) electrons. The van der Waals surface area contributed by atoms with Gasteiger partial charge in [0.05, 0.1) is 0 Å². The van der Waals surface area contributed by atoms with Crippen molar-refractivity contribution < 1.29 is 0 Å². The third-order valence-corrected chi connectivity index (χ3v) is 3.16. The van der Waals surface area contributed by atoms with Crippen LogP contribution in [0.3, 0.4) is 0 Å². The first-order valence-electron chi connectivity index (χ1n) is 3.97. The van der Waals surface area contributed by atoms with E-state index < -0.39 is 0 Å². The highest BCUT2D eigenvalue weighted by molar-refractivity contribution is 9.10. The second kappa shape index (κ2) is 4.08. The summed E-state index contributed by atoms with van der Waals surface area (Å²) in [5.41, 5.74) is 3.62. The number of benzene rings is 1. The zero-order valence-electron chi connectivity index (χ0n) is 7.20. The highest BCUT2D eigenvalue weighted by atomic mass is 79.9. The van der Waals surface area contributed by atoms with Gasteiger partial charge in [0.25, 0.3) is 0 Å². The van der Waals surface area contributed by atoms with Crippen molar-refractivity contribution in [2.45, 2.75) is 0 Å². The lowest BCUT2D eigenvalue weighted by molar-refractivity contribution is 1.27. The maximum Gasteiger partial charge on any atom is 0.151 e. The lowest BCUT2D eigenvalue weighted by Crippen LogP contribution is -2.06. The molecule has 1 aromatic carbocycles. The van der Waals surface area contributed by atoms with Crippen LogP contribution < -0.4 is 11.3 Å². The lowest BCUT2D eigenvalue weighted by Gasteiger charge is -1.95. The fourth-order valence-corrected chi connectivity index (χ4v) is 2.10. The molecule has 0 unspecified atom stereocenters. The van der Waals surface area contributed by atoms with Crippen LogP contribution in [0.5, 0.6) is 0 Å². The summed E-state index contributed by atoms with van der Waals surface area (Å²) in [6.07, 6.45) is 0. The molecule has 0 amide bonds. The van der Waals surface area contributed by atoms with Crippen molar-refractivity contribution in [2.75, 3.05) is 5.43 Å². The molecule has 3 N–H and O–H groups in total. The second-order valence-electron chi connectivity index (χ2n) is 2.69. The molecule has 2 rings (SSSR count). The topological polar surface area (TPSA) is 50.9 Å². The Bertz CT molecular complexity index is 424. The predicted octanol–water partition coefficient (Wildman–Crippen LogP) is 2.86. The molecular weight excluding hydrogens is 262 g/mol. The summed E-state index contributed by atoms with van der Waals surface area (Å²) in [6.45, 7) is 0. The van der Waals surface area contributed by atoms with Crippen LogP contribution >= 0.6 is 27.3 Å². The van der Waals surface area contributed by atoms with E-state index in [9.17, 15) is 0 Å². The van der Waals surface area contributed by atoms with E-state index in [1.54, 1.807) is 11.3 Å². The Kier molecular flexibility index (Phi) is 2.81. The normalized spacial score (nSPS) is 10.1. The van der Waals surface area contributed by atoms with E-state index >= 15 is 0 Å². The molecule has 3 nitrogen and oxygen atoms in total. The van der Waals surface area contributed by atoms with Crippen LogP contribution in [0.2, 0.25) is 0 Å². The molecule has 0 saturated heterocycles. The van der Waals surface area contributed by atoms with Gasteiger partial charge in [-0.05, 0) is 12.1 Å². The number of thiazole rings is 1. The first-order valence-corrected chi connectivity index (χ1v) is 5.65. The molecule has 0 fully saturated rings. The van der Waals surface area contributed by atoms with Crippen LogP contribution in [0.25, 0.3) is 10.6 Å². The molecule has 0 saturated carbocycles. The molecular formula is C9H8BrN3S. The number of nitrogens with zero attached hydrogens (tertiary/aromatic N) is 1. The van der Waals surface area contributed by atoms with Crippen LogP contribution in [0, 0.1) is 0 Å². The minimum atomic E-state index is 0.702. The van der Waals surface area contributed by atoms with E-state index in [-0.39, 0.29) is 0 Å². The first-order chi connectivity index (χ1) is 6.79. The minimum absolute atomic E-state index is 0.702. The van der Waals surface area contributed by atoms with E-state index in [1.165, 1.54) is 0 Å². The zero-order valence-corrected chi connectivity index (χ0v) is 9.60. The number of nitrogens with one attached hydrogen (secondary N) is 1. The molecule has 5 heteroatoms. The maximum absolute atomic E-state index is 5.25. The first kappa shape index (κ1) is 9.64. The summed E-state index contributed by atoms with van der Waals surface area (Å²) in [6, 6.07) is 8.02. The van der Waals surface area contributed by atoms with Gasteiger partial charge >= 0.3 is 0 Å². The van der Waals surface area contributed by atoms with E-state index in [0.29, 0.717) is 5.82 Å². The van der Waals surface area contributed by atoms with Gasteiger partial charge in [-0.2, -0.15) is 0 Å². The molecule has 1 heterocycles. The molecule has 0 spiro atoms. The van der Waals surface area contributed by atoms with Crippen molar-refractivity contribution >= 4 is 33.1 Å². The molecule has 0 atom stereocenters. The van der Waals surface area contributed by atoms with Gasteiger partial charge in [-0.3, -0.25) is 0 Å². The molecule has 14 heavy (non-hydrogen) atoms. The van der Waals surface area contributed by atoms with Crippen molar-refractivity contribution in [2.24, 2.45) is 5.84 Å². The monoisotopic (exact) mass is 269 g/mol. The van der Waals surface area contributed by atoms with Gasteiger partial charge in [-0.1, -0.05) is 28.1 Å². The number of aromatic nitrogens is 1. The number of hydrogen-bond donors (Lipinski definition) is 2. The minimum Gasteiger partial charge on any atom is -0.308 e. The lowest BCUT2D eigenvalue weighted by atomic mass is 10.2. The number of anilines is 1. The van der Waals surface area contributed by atoms with E-state index in [4.69, 9.17) is 5.84 Å². The van der Waals surface area contributed by atoms with Gasteiger partial charge in [-0.15, -0.1) is 11.3 Å². The van der Waals surface area contributed by atoms with Gasteiger partial charge in [0.2, 0.25) is 0 Å². The number of nitrogen functional groups attached to an aromatic ring is 1. The van der Waals surface area contributed by atoms with Gasteiger partial charge < -0.3 is 5.43 Å². The second-order valence-corrected chi connectivity index (χ2v) is 4.46. The molecule has 2 aromatic rings. The van der Waals surface area contributed by atoms with Crippen molar-refractivity contribution in [3.63, 3.8) is 0 Å². The Morgan fingerprint density at radius 1 is 1.29 bits per heavy atom. The molecule has 1 aromatic heterocycles. The summed E-state index contributed by atoms with van der Waals surface area (Å²) in [5, 5.41) is 2.85. The van der Waals surface area contributed by atoms with Crippen molar-refractivity contribution in [1.82, 2.24) is 4.98 Å². The smallest absolute Gasteiger partial charge is 0.151 e. The van der Waals surface area contributed by atoms with Crippen molar-refractivity contribution in [3.8, 4) is 10.6 Å². The Labute approximate surface area is 94.1 Å². The summed E-state index contributed by atoms with van der Waals surface area (Å²) < 4.78 is 1.06. The standard InChI is InChI=1S/C9H8BrN3S/c10-7-3-1-6(2-4-7)9-12-8(13-11)5-14-9/h1-5,13H,11H2. The number of hydrazine groups is 1. The maximum atomic E-state index is 5.25. The van der Waals surface area contributed by atoms with Crippen molar-refractivity contribution in [1.29, 1.82) is 0 Å². The van der Waals surface area contributed by atoms with Gasteiger partial charge in [-0.25, -0.2) is 10.8 Å². The van der Waals surface area contributed by atoms with Crippen LogP contribution in [0.1, 0.15) is 0 Å². The van der Waals surface area contributed by atoms with Crippen LogP contribution in [-0.2, 0) is 0 Å². The quantitative estimate of drug-likeness (QED) is 0.651. The predicted molar refractivity (Wildman–Crippen MR) is 63.1 cm³/mol. The molecule has 0 bridgehead atoms. The fraction of sp³-hybridized carbons (Fsp3) is 0. The largest absolute Gasteiger partial charge is 0.308 e. The summed E-state index contributed by atoms with van der Waals surface area (Å²) in [4.78, 5) is 4.30. The summed E-state index contributed by atoms with van der Waals surface area (Å²) in [7, 11) is 0. The highest BCUT2D eigenvalue weighted by Gasteiger charge is 2.02. The average molecular weight is 270 g/mol. The highest BCUT2D eigenvalue weighted by Crippen LogP contribution is 2.26. The van der Waals surface area contributed by atoms with Gasteiger partial charge in [0.1, 0.15) is 5.01 Å². The number of halogens is 1. The van der Waals surface area contributed by atoms with E-state index in [1.807, 2.05) is 29.6 Å². The Balaban J connectivity index is 2.34. The number of rotatable bonds is 2. The Morgan fingerprint density at radius 2 is 2.00 bits per heavy atom. The van der Waals surface area contributed by atoms with Crippen LogP contribution in [0.15, 0.2) is 34.1 Å². The van der Waals surface area contributed by atoms with Gasteiger partial charge in [0, 0.05) is 15.4 Å². The Morgan fingerprint density at radius 3 is 2.57 bits per heavy atom. The fourth-order valence-electron chi connectivity index (χ4n) is 1.07. The third kappa shape index (κ3) is 1.95. The molecule has 0 aliphatic heterocycles. The molecule has 72 valence electrons. The zero-order chi connectivity index (χ0) is 9.97. The van der Waals surface area contributed by atoms with E-state index in [0.717, 1.165) is 15.0 Å². The van der Waals surface area contributed by atoms with Crippen LogP contribution in [0.4, 0.5) is 5.82 Å². The molecule has 0 aliphatic rings. The third-order valence-electron chi connectivity index (χ3n) is 1.74. The summed E-state index contributed by atoms with van der Waals surface area (Å²) in [5.74, 6) is 5.95. The van der Waals surface area contributed by atoms with E-state index in [2.05, 4.69) is 26.3 Å². The van der Waals surface area contributed by atoms with Crippen LogP contribution in [-0.4, -0.2) is 4.98 Å². The molecule has 0 aliphatic carbocycles. The number of nitrogens with two attached hydrogens (primary N) is 1. The number of hydrogen-bond acceptors (Lipinski definition) is 4.